The summed E-state index contributed by atoms with van der Waals surface area (Å²) in [6.07, 6.45) is 0. The topological polar surface area (TPSA) is 48.0 Å². The maximum Gasteiger partial charge on any atom is 0.146 e. The molecular weight excluding hydrogens is 286 g/mol. The molecule has 5 heteroatoms. The molecule has 3 heterocycles. The lowest BCUT2D eigenvalue weighted by atomic mass is 10.0. The van der Waals surface area contributed by atoms with Crippen LogP contribution >= 0.6 is 0 Å². The molecular formula is C18H19N5. The molecule has 4 rings (SSSR count). The quantitative estimate of drug-likeness (QED) is 0.694. The fourth-order valence-electron chi connectivity index (χ4n) is 3.31. The van der Waals surface area contributed by atoms with Gasteiger partial charge < -0.3 is 0 Å². The third-order valence-corrected chi connectivity index (χ3v) is 4.48. The Bertz CT molecular complexity index is 928. The smallest absolute Gasteiger partial charge is 0.146 e. The largest absolute Gasteiger partial charge is 0.283 e. The van der Waals surface area contributed by atoms with E-state index >= 15 is 0 Å². The minimum Gasteiger partial charge on any atom is -0.283 e. The van der Waals surface area contributed by atoms with Gasteiger partial charge in [0.05, 0.1) is 29.2 Å². The number of aromatic nitrogens is 4. The van der Waals surface area contributed by atoms with Crippen LogP contribution in [0.2, 0.25) is 0 Å². The number of hydrogen-bond acceptors (Lipinski definition) is 3. The zero-order chi connectivity index (χ0) is 16.1. The normalized spacial score (nSPS) is 13.3. The molecule has 0 saturated heterocycles. The summed E-state index contributed by atoms with van der Waals surface area (Å²) in [7, 11) is 1.98. The molecule has 3 aromatic rings. The summed E-state index contributed by atoms with van der Waals surface area (Å²) in [5.41, 5.74) is 6.39. The molecule has 0 aliphatic carbocycles. The van der Waals surface area contributed by atoms with Crippen molar-refractivity contribution < 1.29 is 0 Å². The van der Waals surface area contributed by atoms with Crippen LogP contribution in [-0.4, -0.2) is 25.0 Å². The number of fused-ring (bicyclic) bond motifs is 3. The van der Waals surface area contributed by atoms with Gasteiger partial charge in [-0.25, -0.2) is 4.98 Å². The molecule has 1 aromatic carbocycles. The molecule has 0 N–H and O–H groups in total. The van der Waals surface area contributed by atoms with E-state index in [1.807, 2.05) is 43.8 Å². The standard InChI is InChI=1S/C18H19N5/c1-11-13(3)23-15(20-11)10-19-17(14-8-6-5-7-9-14)16-12(2)21-22(4)18(16)23/h5-9H,10H2,1-4H3. The first-order valence-electron chi connectivity index (χ1n) is 7.77. The number of hydrogen-bond donors (Lipinski definition) is 0. The molecule has 0 spiro atoms. The van der Waals surface area contributed by atoms with Gasteiger partial charge in [-0.3, -0.25) is 14.2 Å². The van der Waals surface area contributed by atoms with Crippen molar-refractivity contribution in [3.63, 3.8) is 0 Å². The summed E-state index contributed by atoms with van der Waals surface area (Å²) in [6, 6.07) is 10.3. The van der Waals surface area contributed by atoms with E-state index in [9.17, 15) is 0 Å². The van der Waals surface area contributed by atoms with Crippen molar-refractivity contribution in [3.05, 3.63) is 64.4 Å². The Morgan fingerprint density at radius 1 is 1.00 bits per heavy atom. The Labute approximate surface area is 135 Å². The monoisotopic (exact) mass is 305 g/mol. The zero-order valence-corrected chi connectivity index (χ0v) is 13.8. The first-order chi connectivity index (χ1) is 11.1. The molecule has 0 radical (unpaired) electrons. The van der Waals surface area contributed by atoms with E-state index in [4.69, 9.17) is 9.98 Å². The van der Waals surface area contributed by atoms with E-state index in [1.54, 1.807) is 0 Å². The highest BCUT2D eigenvalue weighted by atomic mass is 15.3. The second-order valence-corrected chi connectivity index (χ2v) is 5.97. The fourth-order valence-corrected chi connectivity index (χ4v) is 3.31. The minimum atomic E-state index is 0.576. The van der Waals surface area contributed by atoms with Crippen molar-refractivity contribution in [3.8, 4) is 5.82 Å². The van der Waals surface area contributed by atoms with Gasteiger partial charge in [-0.1, -0.05) is 30.3 Å². The molecule has 0 fully saturated rings. The van der Waals surface area contributed by atoms with Crippen LogP contribution < -0.4 is 0 Å². The first kappa shape index (κ1) is 13.9. The Morgan fingerprint density at radius 2 is 1.74 bits per heavy atom. The molecule has 0 atom stereocenters. The van der Waals surface area contributed by atoms with Gasteiger partial charge in [0.1, 0.15) is 11.6 Å². The van der Waals surface area contributed by atoms with Gasteiger partial charge in [0.15, 0.2) is 0 Å². The summed E-state index contributed by atoms with van der Waals surface area (Å²) >= 11 is 0. The van der Waals surface area contributed by atoms with Crippen LogP contribution in [0.5, 0.6) is 0 Å². The van der Waals surface area contributed by atoms with Gasteiger partial charge >= 0.3 is 0 Å². The lowest BCUT2D eigenvalue weighted by Crippen LogP contribution is -2.10. The fraction of sp³-hybridized carbons (Fsp3) is 0.278. The summed E-state index contributed by atoms with van der Waals surface area (Å²) < 4.78 is 4.14. The van der Waals surface area contributed by atoms with E-state index in [2.05, 4.69) is 28.7 Å². The third kappa shape index (κ3) is 1.96. The van der Waals surface area contributed by atoms with Gasteiger partial charge in [0.25, 0.3) is 0 Å². The SMILES string of the molecule is Cc1nn(C)c2c1C(c1ccccc1)=NCc1nc(C)c(C)n1-2. The number of nitrogens with zero attached hydrogens (tertiary/aromatic N) is 5. The summed E-state index contributed by atoms with van der Waals surface area (Å²) in [5.74, 6) is 2.02. The van der Waals surface area contributed by atoms with Crippen LogP contribution in [-0.2, 0) is 13.6 Å². The molecule has 116 valence electrons. The van der Waals surface area contributed by atoms with Crippen molar-refractivity contribution in [1.29, 1.82) is 0 Å². The molecule has 23 heavy (non-hydrogen) atoms. The third-order valence-electron chi connectivity index (χ3n) is 4.48. The lowest BCUT2D eigenvalue weighted by molar-refractivity contribution is 0.702. The number of imidazole rings is 1. The summed E-state index contributed by atoms with van der Waals surface area (Å²) in [5, 5.41) is 4.65. The molecule has 1 aliphatic heterocycles. The predicted molar refractivity (Wildman–Crippen MR) is 90.3 cm³/mol. The lowest BCUT2D eigenvalue weighted by Gasteiger charge is -2.11. The van der Waals surface area contributed by atoms with Crippen LogP contribution in [0.3, 0.4) is 0 Å². The first-order valence-corrected chi connectivity index (χ1v) is 7.77. The maximum atomic E-state index is 4.88. The van der Waals surface area contributed by atoms with Gasteiger partial charge in [0.2, 0.25) is 0 Å². The van der Waals surface area contributed by atoms with Gasteiger partial charge in [-0.05, 0) is 20.8 Å². The second kappa shape index (κ2) is 4.91. The number of rotatable bonds is 1. The van der Waals surface area contributed by atoms with E-state index < -0.39 is 0 Å². The maximum absolute atomic E-state index is 4.88. The van der Waals surface area contributed by atoms with E-state index in [0.717, 1.165) is 45.6 Å². The Hall–Kier alpha value is -2.69. The molecule has 0 bridgehead atoms. The van der Waals surface area contributed by atoms with E-state index in [-0.39, 0.29) is 0 Å². The highest BCUT2D eigenvalue weighted by molar-refractivity contribution is 6.15. The summed E-state index contributed by atoms with van der Waals surface area (Å²) in [4.78, 5) is 9.59. The van der Waals surface area contributed by atoms with Crippen LogP contribution in [0.1, 0.15) is 34.0 Å². The molecule has 2 aromatic heterocycles. The number of aliphatic imine (C=N–C) groups is 1. The Morgan fingerprint density at radius 3 is 2.48 bits per heavy atom. The van der Waals surface area contributed by atoms with E-state index in [1.165, 1.54) is 0 Å². The van der Waals surface area contributed by atoms with Gasteiger partial charge in [0, 0.05) is 18.3 Å². The highest BCUT2D eigenvalue weighted by Crippen LogP contribution is 2.29. The Balaban J connectivity index is 2.05. The summed E-state index contributed by atoms with van der Waals surface area (Å²) in [6.45, 7) is 6.77. The zero-order valence-electron chi connectivity index (χ0n) is 13.8. The molecule has 1 aliphatic rings. The van der Waals surface area contributed by atoms with Crippen LogP contribution in [0, 0.1) is 20.8 Å². The molecule has 5 nitrogen and oxygen atoms in total. The molecule has 0 saturated carbocycles. The van der Waals surface area contributed by atoms with Crippen molar-refractivity contribution in [2.45, 2.75) is 27.3 Å². The van der Waals surface area contributed by atoms with Crippen molar-refractivity contribution in [2.24, 2.45) is 12.0 Å². The predicted octanol–water partition coefficient (Wildman–Crippen LogP) is 2.88. The number of aryl methyl sites for hydroxylation is 3. The van der Waals surface area contributed by atoms with Crippen LogP contribution in [0.25, 0.3) is 5.82 Å². The van der Waals surface area contributed by atoms with Crippen molar-refractivity contribution >= 4 is 5.71 Å². The van der Waals surface area contributed by atoms with Crippen LogP contribution in [0.15, 0.2) is 35.3 Å². The van der Waals surface area contributed by atoms with Crippen molar-refractivity contribution in [2.75, 3.05) is 0 Å². The average Bonchev–Trinajstić information content (AvgIpc) is 2.90. The second-order valence-electron chi connectivity index (χ2n) is 5.97. The number of benzene rings is 1. The Kier molecular flexibility index (Phi) is 2.98. The average molecular weight is 305 g/mol. The molecule has 0 unspecified atom stereocenters. The van der Waals surface area contributed by atoms with E-state index in [0.29, 0.717) is 6.54 Å². The minimum absolute atomic E-state index is 0.576. The molecule has 0 amide bonds. The van der Waals surface area contributed by atoms with Crippen molar-refractivity contribution in [1.82, 2.24) is 19.3 Å². The van der Waals surface area contributed by atoms with Gasteiger partial charge in [-0.15, -0.1) is 0 Å². The highest BCUT2D eigenvalue weighted by Gasteiger charge is 2.27. The van der Waals surface area contributed by atoms with Gasteiger partial charge in [-0.2, -0.15) is 5.10 Å². The van der Waals surface area contributed by atoms with Crippen LogP contribution in [0.4, 0.5) is 0 Å².